The molecule has 0 bridgehead atoms. The van der Waals surface area contributed by atoms with Crippen LogP contribution in [0.2, 0.25) is 0 Å². The fourth-order valence-corrected chi connectivity index (χ4v) is 2.22. The summed E-state index contributed by atoms with van der Waals surface area (Å²) in [6.45, 7) is 0. The number of allylic oxidation sites excluding steroid dienone is 1. The summed E-state index contributed by atoms with van der Waals surface area (Å²) in [5, 5.41) is 17.9. The SMILES string of the molecule is Cn1c(O)c(C=C2C=Nc3ccccc32)n(C)c1=N. The fraction of sp³-hybridized carbons (Fsp3) is 0.143. The maximum Gasteiger partial charge on any atom is 0.218 e. The standard InChI is InChI=1S/C14H14N4O/c1-17-12(13(19)18(2)14(17)15)7-9-8-16-11-6-4-3-5-10(9)11/h3-8,15,19H,1-2H3. The van der Waals surface area contributed by atoms with Gasteiger partial charge in [0.25, 0.3) is 0 Å². The minimum Gasteiger partial charge on any atom is -0.493 e. The minimum absolute atomic E-state index is 0.0813. The highest BCUT2D eigenvalue weighted by molar-refractivity contribution is 6.21. The Bertz CT molecular complexity index is 777. The van der Waals surface area contributed by atoms with Crippen molar-refractivity contribution in [2.75, 3.05) is 0 Å². The molecule has 0 spiro atoms. The summed E-state index contributed by atoms with van der Waals surface area (Å²) in [5.41, 5.74) is 3.75. The zero-order valence-electron chi connectivity index (χ0n) is 10.8. The second-order valence-corrected chi connectivity index (χ2v) is 4.53. The number of aromatic nitrogens is 2. The van der Waals surface area contributed by atoms with Crippen molar-refractivity contribution in [3.63, 3.8) is 0 Å². The molecule has 2 aromatic rings. The fourth-order valence-electron chi connectivity index (χ4n) is 2.22. The Morgan fingerprint density at radius 2 is 1.95 bits per heavy atom. The number of rotatable bonds is 1. The predicted octanol–water partition coefficient (Wildman–Crippen LogP) is 1.81. The van der Waals surface area contributed by atoms with Crippen molar-refractivity contribution >= 4 is 23.6 Å². The molecule has 5 heteroatoms. The number of aliphatic imine (C=N–C) groups is 1. The third kappa shape index (κ3) is 1.62. The average molecular weight is 254 g/mol. The van der Waals surface area contributed by atoms with Gasteiger partial charge in [0.15, 0.2) is 0 Å². The van der Waals surface area contributed by atoms with Gasteiger partial charge in [-0.3, -0.25) is 15.0 Å². The van der Waals surface area contributed by atoms with Gasteiger partial charge >= 0.3 is 0 Å². The van der Waals surface area contributed by atoms with Gasteiger partial charge in [0.1, 0.15) is 5.69 Å². The van der Waals surface area contributed by atoms with Crippen LogP contribution in [0.4, 0.5) is 5.69 Å². The molecular formula is C14H14N4O. The molecule has 0 saturated carbocycles. The molecule has 2 heterocycles. The molecule has 5 nitrogen and oxygen atoms in total. The maximum absolute atomic E-state index is 10.0. The van der Waals surface area contributed by atoms with Crippen molar-refractivity contribution < 1.29 is 5.11 Å². The van der Waals surface area contributed by atoms with Gasteiger partial charge in [-0.2, -0.15) is 0 Å². The van der Waals surface area contributed by atoms with E-state index < -0.39 is 0 Å². The van der Waals surface area contributed by atoms with Gasteiger partial charge in [-0.15, -0.1) is 0 Å². The van der Waals surface area contributed by atoms with Crippen molar-refractivity contribution in [3.8, 4) is 5.88 Å². The Hall–Kier alpha value is -2.56. The first kappa shape index (κ1) is 11.5. The van der Waals surface area contributed by atoms with Crippen molar-refractivity contribution in [3.05, 3.63) is 41.1 Å². The monoisotopic (exact) mass is 254 g/mol. The lowest BCUT2D eigenvalue weighted by molar-refractivity contribution is 0.427. The van der Waals surface area contributed by atoms with E-state index in [9.17, 15) is 5.11 Å². The van der Waals surface area contributed by atoms with Crippen molar-refractivity contribution in [2.45, 2.75) is 0 Å². The van der Waals surface area contributed by atoms with Crippen LogP contribution < -0.4 is 5.62 Å². The van der Waals surface area contributed by atoms with E-state index in [1.165, 1.54) is 4.57 Å². The van der Waals surface area contributed by atoms with E-state index >= 15 is 0 Å². The molecule has 0 atom stereocenters. The largest absolute Gasteiger partial charge is 0.493 e. The second-order valence-electron chi connectivity index (χ2n) is 4.53. The van der Waals surface area contributed by atoms with Crippen LogP contribution >= 0.6 is 0 Å². The first-order chi connectivity index (χ1) is 9.09. The summed E-state index contributed by atoms with van der Waals surface area (Å²) < 4.78 is 3.07. The summed E-state index contributed by atoms with van der Waals surface area (Å²) in [7, 11) is 3.42. The average Bonchev–Trinajstić information content (AvgIpc) is 2.91. The van der Waals surface area contributed by atoms with Gasteiger partial charge in [-0.05, 0) is 12.1 Å². The molecule has 1 aromatic carbocycles. The molecule has 0 aliphatic carbocycles. The predicted molar refractivity (Wildman–Crippen MR) is 74.4 cm³/mol. The highest BCUT2D eigenvalue weighted by Crippen LogP contribution is 2.32. The molecule has 1 aliphatic heterocycles. The topological polar surface area (TPSA) is 66.3 Å². The molecule has 0 amide bonds. The smallest absolute Gasteiger partial charge is 0.218 e. The van der Waals surface area contributed by atoms with Crippen LogP contribution in [0.5, 0.6) is 5.88 Å². The number of hydrogen-bond donors (Lipinski definition) is 2. The van der Waals surface area contributed by atoms with Crippen LogP contribution in [0.25, 0.3) is 11.6 Å². The lowest BCUT2D eigenvalue weighted by Gasteiger charge is -2.00. The Kier molecular flexibility index (Phi) is 2.41. The number of fused-ring (bicyclic) bond motifs is 1. The highest BCUT2D eigenvalue weighted by Gasteiger charge is 2.15. The zero-order chi connectivity index (χ0) is 13.6. The molecule has 0 radical (unpaired) electrons. The van der Waals surface area contributed by atoms with Crippen LogP contribution in [0.3, 0.4) is 0 Å². The van der Waals surface area contributed by atoms with Gasteiger partial charge < -0.3 is 9.67 Å². The Morgan fingerprint density at radius 3 is 2.63 bits per heavy atom. The van der Waals surface area contributed by atoms with E-state index in [2.05, 4.69) is 4.99 Å². The summed E-state index contributed by atoms with van der Waals surface area (Å²) in [6, 6.07) is 7.85. The van der Waals surface area contributed by atoms with Crippen LogP contribution in [-0.4, -0.2) is 20.5 Å². The molecule has 0 fully saturated rings. The van der Waals surface area contributed by atoms with Crippen LogP contribution in [0, 0.1) is 5.41 Å². The molecule has 1 aliphatic rings. The van der Waals surface area contributed by atoms with Crippen molar-refractivity contribution in [2.24, 2.45) is 19.1 Å². The van der Waals surface area contributed by atoms with E-state index in [-0.39, 0.29) is 11.5 Å². The quantitative estimate of drug-likeness (QED) is 0.800. The molecule has 0 saturated heterocycles. The summed E-state index contributed by atoms with van der Waals surface area (Å²) in [6.07, 6.45) is 3.63. The molecule has 3 rings (SSSR count). The van der Waals surface area contributed by atoms with Crippen LogP contribution in [0.15, 0.2) is 29.3 Å². The third-order valence-electron chi connectivity index (χ3n) is 3.39. The first-order valence-corrected chi connectivity index (χ1v) is 5.94. The Morgan fingerprint density at radius 1 is 1.21 bits per heavy atom. The number of aromatic hydroxyl groups is 1. The normalized spacial score (nSPS) is 15.2. The molecule has 2 N–H and O–H groups in total. The van der Waals surface area contributed by atoms with Crippen molar-refractivity contribution in [1.29, 1.82) is 5.41 Å². The molecule has 96 valence electrons. The molecular weight excluding hydrogens is 240 g/mol. The maximum atomic E-state index is 10.0. The number of hydrogen-bond acceptors (Lipinski definition) is 3. The Balaban J connectivity index is 2.18. The Labute approximate surface area is 110 Å². The molecule has 19 heavy (non-hydrogen) atoms. The molecule has 1 aromatic heterocycles. The summed E-state index contributed by atoms with van der Waals surface area (Å²) in [4.78, 5) is 4.33. The first-order valence-electron chi connectivity index (χ1n) is 5.94. The van der Waals surface area contributed by atoms with Crippen LogP contribution in [-0.2, 0) is 14.1 Å². The number of para-hydroxylation sites is 1. The van der Waals surface area contributed by atoms with Gasteiger partial charge in [0.2, 0.25) is 11.5 Å². The third-order valence-corrected chi connectivity index (χ3v) is 3.39. The summed E-state index contributed by atoms with van der Waals surface area (Å²) >= 11 is 0. The van der Waals surface area contributed by atoms with E-state index in [0.717, 1.165) is 16.8 Å². The van der Waals surface area contributed by atoms with E-state index in [4.69, 9.17) is 5.41 Å². The van der Waals surface area contributed by atoms with Crippen molar-refractivity contribution in [1.82, 2.24) is 9.13 Å². The highest BCUT2D eigenvalue weighted by atomic mass is 16.3. The number of nitrogens with zero attached hydrogens (tertiary/aromatic N) is 3. The number of benzene rings is 1. The second kappa shape index (κ2) is 3.98. The number of imidazole rings is 1. The minimum atomic E-state index is 0.0813. The van der Waals surface area contributed by atoms with E-state index in [1.807, 2.05) is 30.3 Å². The zero-order valence-corrected chi connectivity index (χ0v) is 10.8. The van der Waals surface area contributed by atoms with E-state index in [1.54, 1.807) is 24.9 Å². The summed E-state index contributed by atoms with van der Waals surface area (Å²) in [5.74, 6) is 0.0813. The van der Waals surface area contributed by atoms with Gasteiger partial charge in [0.05, 0.1) is 5.69 Å². The van der Waals surface area contributed by atoms with Gasteiger partial charge in [0, 0.05) is 31.4 Å². The van der Waals surface area contributed by atoms with Gasteiger partial charge in [-0.25, -0.2) is 0 Å². The number of nitrogens with one attached hydrogen (secondary N) is 1. The van der Waals surface area contributed by atoms with Gasteiger partial charge in [-0.1, -0.05) is 18.2 Å². The lowest BCUT2D eigenvalue weighted by Crippen LogP contribution is -2.20. The van der Waals surface area contributed by atoms with E-state index in [0.29, 0.717) is 5.69 Å². The van der Waals surface area contributed by atoms with Crippen LogP contribution in [0.1, 0.15) is 11.3 Å². The molecule has 0 unspecified atom stereocenters. The lowest BCUT2D eigenvalue weighted by atomic mass is 10.1.